The Hall–Kier alpha value is -1.73. The molecule has 0 radical (unpaired) electrons. The third-order valence-electron chi connectivity index (χ3n) is 2.59. The third kappa shape index (κ3) is 2.34. The first kappa shape index (κ1) is 13.3. The van der Waals surface area contributed by atoms with Crippen LogP contribution < -0.4 is 5.32 Å². The zero-order valence-corrected chi connectivity index (χ0v) is 12.1. The second-order valence-electron chi connectivity index (χ2n) is 3.94. The summed E-state index contributed by atoms with van der Waals surface area (Å²) in [6.45, 7) is 0. The molecule has 8 heteroatoms. The Morgan fingerprint density at radius 3 is 2.85 bits per heavy atom. The van der Waals surface area contributed by atoms with Gasteiger partial charge in [0.25, 0.3) is 0 Å². The van der Waals surface area contributed by atoms with E-state index >= 15 is 0 Å². The molecule has 0 bridgehead atoms. The van der Waals surface area contributed by atoms with Crippen LogP contribution in [0.4, 0.5) is 20.3 Å². The number of nitrogens with one attached hydrogen (secondary N) is 1. The molecule has 0 atom stereocenters. The number of anilines is 2. The van der Waals surface area contributed by atoms with E-state index in [-0.39, 0.29) is 10.7 Å². The highest BCUT2D eigenvalue weighted by Crippen LogP contribution is 2.30. The van der Waals surface area contributed by atoms with E-state index in [9.17, 15) is 8.78 Å². The number of fused-ring (bicyclic) bond motifs is 1. The zero-order valence-electron chi connectivity index (χ0n) is 9.74. The summed E-state index contributed by atoms with van der Waals surface area (Å²) in [6.07, 6.45) is 5.00. The van der Waals surface area contributed by atoms with Crippen molar-refractivity contribution >= 4 is 44.7 Å². The molecule has 0 aliphatic carbocycles. The molecule has 20 heavy (non-hydrogen) atoms. The lowest BCUT2D eigenvalue weighted by Crippen LogP contribution is -2.01. The fourth-order valence-corrected chi connectivity index (χ4v) is 2.40. The number of aromatic nitrogens is 3. The molecule has 0 saturated heterocycles. The van der Waals surface area contributed by atoms with Crippen LogP contribution in [0.1, 0.15) is 0 Å². The second-order valence-corrected chi connectivity index (χ2v) is 5.16. The summed E-state index contributed by atoms with van der Waals surface area (Å²) in [7, 11) is 0. The number of hydrogen-bond acceptors (Lipinski definition) is 3. The minimum Gasteiger partial charge on any atom is -0.333 e. The van der Waals surface area contributed by atoms with E-state index in [4.69, 9.17) is 11.6 Å². The van der Waals surface area contributed by atoms with Crippen LogP contribution >= 0.6 is 27.5 Å². The lowest BCUT2D eigenvalue weighted by Gasteiger charge is -2.10. The zero-order chi connectivity index (χ0) is 14.3. The average molecular weight is 360 g/mol. The Morgan fingerprint density at radius 1 is 1.30 bits per heavy atom. The highest BCUT2D eigenvalue weighted by molar-refractivity contribution is 9.10. The summed E-state index contributed by atoms with van der Waals surface area (Å²) >= 11 is 9.08. The van der Waals surface area contributed by atoms with Crippen LogP contribution in [0.2, 0.25) is 5.02 Å². The van der Waals surface area contributed by atoms with Gasteiger partial charge >= 0.3 is 0 Å². The Labute approximate surface area is 125 Å². The largest absolute Gasteiger partial charge is 0.333 e. The molecule has 0 unspecified atom stereocenters. The van der Waals surface area contributed by atoms with Crippen molar-refractivity contribution in [2.45, 2.75) is 0 Å². The Bertz CT molecular complexity index is 782. The summed E-state index contributed by atoms with van der Waals surface area (Å²) in [4.78, 5) is 8.29. The topological polar surface area (TPSA) is 42.2 Å². The Kier molecular flexibility index (Phi) is 3.31. The van der Waals surface area contributed by atoms with Crippen molar-refractivity contribution in [1.82, 2.24) is 14.4 Å². The molecule has 0 fully saturated rings. The van der Waals surface area contributed by atoms with Crippen LogP contribution in [-0.4, -0.2) is 14.4 Å². The molecular formula is C12H6BrClF2N4. The van der Waals surface area contributed by atoms with E-state index in [0.717, 1.165) is 12.1 Å². The van der Waals surface area contributed by atoms with E-state index in [0.29, 0.717) is 16.1 Å². The van der Waals surface area contributed by atoms with Crippen LogP contribution in [-0.2, 0) is 0 Å². The SMILES string of the molecule is Fc1cc(F)c(Nc2nc(Br)cn3ccnc23)c(Cl)c1. The molecule has 0 spiro atoms. The molecule has 3 aromatic rings. The predicted octanol–water partition coefficient (Wildman–Crippen LogP) is 4.17. The molecule has 1 aromatic carbocycles. The van der Waals surface area contributed by atoms with Crippen molar-refractivity contribution in [2.24, 2.45) is 0 Å². The van der Waals surface area contributed by atoms with Crippen LogP contribution in [0, 0.1) is 11.6 Å². The summed E-state index contributed by atoms with van der Waals surface area (Å²) in [5.41, 5.74) is 0.441. The fraction of sp³-hybridized carbons (Fsp3) is 0. The smallest absolute Gasteiger partial charge is 0.180 e. The maximum absolute atomic E-state index is 13.8. The predicted molar refractivity (Wildman–Crippen MR) is 75.3 cm³/mol. The minimum absolute atomic E-state index is 0.0523. The molecular weight excluding hydrogens is 354 g/mol. The van der Waals surface area contributed by atoms with E-state index in [1.807, 2.05) is 0 Å². The number of benzene rings is 1. The fourth-order valence-electron chi connectivity index (χ4n) is 1.76. The lowest BCUT2D eigenvalue weighted by atomic mass is 10.3. The lowest BCUT2D eigenvalue weighted by molar-refractivity contribution is 0.586. The van der Waals surface area contributed by atoms with Crippen molar-refractivity contribution in [3.8, 4) is 0 Å². The monoisotopic (exact) mass is 358 g/mol. The van der Waals surface area contributed by atoms with Gasteiger partial charge in [0.05, 0.1) is 10.7 Å². The molecule has 4 nitrogen and oxygen atoms in total. The summed E-state index contributed by atoms with van der Waals surface area (Å²) in [6, 6.07) is 1.77. The Morgan fingerprint density at radius 2 is 2.10 bits per heavy atom. The minimum atomic E-state index is -0.804. The van der Waals surface area contributed by atoms with Gasteiger partial charge in [-0.3, -0.25) is 0 Å². The van der Waals surface area contributed by atoms with E-state index in [1.54, 1.807) is 23.0 Å². The third-order valence-corrected chi connectivity index (χ3v) is 3.28. The molecule has 1 N–H and O–H groups in total. The maximum atomic E-state index is 13.8. The van der Waals surface area contributed by atoms with Crippen molar-refractivity contribution in [3.63, 3.8) is 0 Å². The van der Waals surface area contributed by atoms with Gasteiger partial charge in [-0.25, -0.2) is 18.7 Å². The molecule has 0 aliphatic heterocycles. The number of imidazole rings is 1. The standard InChI is InChI=1S/C12H6BrClF2N4/c13-9-5-20-2-1-17-12(20)11(18-9)19-10-7(14)3-6(15)4-8(10)16/h1-5H,(H,18,19). The maximum Gasteiger partial charge on any atom is 0.180 e. The molecule has 0 aliphatic rings. The van der Waals surface area contributed by atoms with E-state index < -0.39 is 11.6 Å². The number of rotatable bonds is 2. The quantitative estimate of drug-likeness (QED) is 0.747. The van der Waals surface area contributed by atoms with Crippen molar-refractivity contribution in [3.05, 3.63) is 52.0 Å². The summed E-state index contributed by atoms with van der Waals surface area (Å²) in [5, 5.41) is 2.66. The normalized spacial score (nSPS) is 11.0. The van der Waals surface area contributed by atoms with Gasteiger partial charge in [-0.15, -0.1) is 0 Å². The van der Waals surface area contributed by atoms with Crippen LogP contribution in [0.15, 0.2) is 35.3 Å². The number of nitrogens with zero attached hydrogens (tertiary/aromatic N) is 3. The molecule has 0 saturated carbocycles. The van der Waals surface area contributed by atoms with Gasteiger partial charge in [-0.2, -0.15) is 0 Å². The molecule has 3 rings (SSSR count). The van der Waals surface area contributed by atoms with Crippen LogP contribution in [0.3, 0.4) is 0 Å². The van der Waals surface area contributed by atoms with Crippen molar-refractivity contribution < 1.29 is 8.78 Å². The molecule has 2 heterocycles. The first-order valence-electron chi connectivity index (χ1n) is 5.45. The van der Waals surface area contributed by atoms with Crippen LogP contribution in [0.5, 0.6) is 0 Å². The highest BCUT2D eigenvalue weighted by atomic mass is 79.9. The highest BCUT2D eigenvalue weighted by Gasteiger charge is 2.13. The van der Waals surface area contributed by atoms with Crippen molar-refractivity contribution in [1.29, 1.82) is 0 Å². The van der Waals surface area contributed by atoms with Gasteiger partial charge in [0.1, 0.15) is 10.4 Å². The molecule has 2 aromatic heterocycles. The average Bonchev–Trinajstić information content (AvgIpc) is 2.81. The van der Waals surface area contributed by atoms with E-state index in [2.05, 4.69) is 31.2 Å². The number of halogens is 4. The first-order chi connectivity index (χ1) is 9.54. The van der Waals surface area contributed by atoms with E-state index in [1.165, 1.54) is 0 Å². The first-order valence-corrected chi connectivity index (χ1v) is 6.62. The van der Waals surface area contributed by atoms with Gasteiger partial charge in [-0.05, 0) is 22.0 Å². The van der Waals surface area contributed by atoms with Crippen LogP contribution in [0.25, 0.3) is 5.65 Å². The van der Waals surface area contributed by atoms with Gasteiger partial charge in [-0.1, -0.05) is 11.6 Å². The number of hydrogen-bond donors (Lipinski definition) is 1. The van der Waals surface area contributed by atoms with Gasteiger partial charge in [0.2, 0.25) is 0 Å². The summed E-state index contributed by atoms with van der Waals surface area (Å²) in [5.74, 6) is -1.25. The van der Waals surface area contributed by atoms with Gasteiger partial charge in [0.15, 0.2) is 17.3 Å². The van der Waals surface area contributed by atoms with Gasteiger partial charge in [0, 0.05) is 24.7 Å². The Balaban J connectivity index is 2.12. The second kappa shape index (κ2) is 4.99. The van der Waals surface area contributed by atoms with Crippen molar-refractivity contribution in [2.75, 3.05) is 5.32 Å². The molecule has 102 valence electrons. The summed E-state index contributed by atoms with van der Waals surface area (Å²) < 4.78 is 29.0. The molecule has 0 amide bonds. The van der Waals surface area contributed by atoms with Gasteiger partial charge < -0.3 is 9.72 Å².